The summed E-state index contributed by atoms with van der Waals surface area (Å²) in [7, 11) is 1.69. The molecule has 4 rings (SSSR count). The zero-order chi connectivity index (χ0) is 21.6. The van der Waals surface area contributed by atoms with Gasteiger partial charge in [0.05, 0.1) is 19.7 Å². The largest absolute Gasteiger partial charge is 0.497 e. The summed E-state index contributed by atoms with van der Waals surface area (Å²) in [6.45, 7) is 0.571. The SMILES string of the molecule is COc1cccc(CC2CCc3ccccc3C2N(Cc2ccccc2)C(=O)CN)c1. The first-order valence-electron chi connectivity index (χ1n) is 10.9. The Hall–Kier alpha value is -3.11. The standard InChI is InChI=1S/C27H30N2O2/c1-31-24-12-7-10-21(17-24)16-23-15-14-22-11-5-6-13-25(22)27(23)29(26(30)18-28)19-20-8-3-2-4-9-20/h2-13,17,23,27H,14-16,18-19,28H2,1H3. The lowest BCUT2D eigenvalue weighted by molar-refractivity contribution is -0.134. The number of amides is 1. The highest BCUT2D eigenvalue weighted by atomic mass is 16.5. The topological polar surface area (TPSA) is 55.6 Å². The zero-order valence-corrected chi connectivity index (χ0v) is 18.0. The van der Waals surface area contributed by atoms with Crippen LogP contribution in [0.4, 0.5) is 0 Å². The fourth-order valence-corrected chi connectivity index (χ4v) is 4.78. The summed E-state index contributed by atoms with van der Waals surface area (Å²) < 4.78 is 5.43. The van der Waals surface area contributed by atoms with Crippen LogP contribution in [0.15, 0.2) is 78.9 Å². The number of benzene rings is 3. The number of nitrogens with two attached hydrogens (primary N) is 1. The average Bonchev–Trinajstić information content (AvgIpc) is 2.83. The van der Waals surface area contributed by atoms with E-state index < -0.39 is 0 Å². The lowest BCUT2D eigenvalue weighted by atomic mass is 9.76. The first kappa shape index (κ1) is 21.1. The van der Waals surface area contributed by atoms with Crippen molar-refractivity contribution in [2.75, 3.05) is 13.7 Å². The number of methoxy groups -OCH3 is 1. The highest BCUT2D eigenvalue weighted by Crippen LogP contribution is 2.41. The van der Waals surface area contributed by atoms with E-state index in [1.807, 2.05) is 35.2 Å². The van der Waals surface area contributed by atoms with Gasteiger partial charge in [0, 0.05) is 6.54 Å². The van der Waals surface area contributed by atoms with E-state index in [0.29, 0.717) is 12.5 Å². The Bertz CT molecular complexity index is 1020. The van der Waals surface area contributed by atoms with E-state index in [2.05, 4.69) is 48.5 Å². The van der Waals surface area contributed by atoms with Crippen LogP contribution in [0.25, 0.3) is 0 Å². The molecule has 0 aromatic heterocycles. The quantitative estimate of drug-likeness (QED) is 0.618. The molecule has 0 aliphatic heterocycles. The number of fused-ring (bicyclic) bond motifs is 1. The van der Waals surface area contributed by atoms with Crippen LogP contribution in [0.3, 0.4) is 0 Å². The van der Waals surface area contributed by atoms with E-state index in [1.165, 1.54) is 16.7 Å². The second kappa shape index (κ2) is 9.80. The third-order valence-electron chi connectivity index (χ3n) is 6.26. The van der Waals surface area contributed by atoms with Crippen molar-refractivity contribution >= 4 is 5.91 Å². The van der Waals surface area contributed by atoms with Crippen molar-refractivity contribution in [3.63, 3.8) is 0 Å². The Morgan fingerprint density at radius 2 is 1.74 bits per heavy atom. The molecule has 2 N–H and O–H groups in total. The van der Waals surface area contributed by atoms with Crippen LogP contribution in [0.1, 0.15) is 34.7 Å². The molecule has 0 bridgehead atoms. The Balaban J connectivity index is 1.72. The molecule has 2 unspecified atom stereocenters. The molecule has 1 aliphatic carbocycles. The van der Waals surface area contributed by atoms with Crippen molar-refractivity contribution in [2.24, 2.45) is 11.7 Å². The van der Waals surface area contributed by atoms with Gasteiger partial charge >= 0.3 is 0 Å². The molecule has 0 spiro atoms. The minimum atomic E-state index is -0.0128. The van der Waals surface area contributed by atoms with Crippen molar-refractivity contribution in [1.29, 1.82) is 0 Å². The van der Waals surface area contributed by atoms with Gasteiger partial charge in [-0.15, -0.1) is 0 Å². The van der Waals surface area contributed by atoms with E-state index in [0.717, 1.165) is 30.6 Å². The predicted octanol–water partition coefficient (Wildman–Crippen LogP) is 4.53. The molecule has 0 saturated heterocycles. The Kier molecular flexibility index (Phi) is 6.68. The number of aryl methyl sites for hydroxylation is 1. The normalized spacial score (nSPS) is 17.6. The number of carbonyl (C=O) groups excluding carboxylic acids is 1. The second-order valence-corrected chi connectivity index (χ2v) is 8.21. The lowest BCUT2D eigenvalue weighted by Gasteiger charge is -2.41. The lowest BCUT2D eigenvalue weighted by Crippen LogP contribution is -2.43. The molecule has 4 nitrogen and oxygen atoms in total. The smallest absolute Gasteiger partial charge is 0.237 e. The van der Waals surface area contributed by atoms with Gasteiger partial charge in [0.2, 0.25) is 5.91 Å². The molecule has 0 fully saturated rings. The van der Waals surface area contributed by atoms with E-state index >= 15 is 0 Å². The van der Waals surface area contributed by atoms with Gasteiger partial charge in [-0.1, -0.05) is 66.7 Å². The Labute approximate surface area is 184 Å². The molecule has 1 aliphatic rings. The Morgan fingerprint density at radius 1 is 1.00 bits per heavy atom. The molecule has 2 atom stereocenters. The molecule has 3 aromatic rings. The van der Waals surface area contributed by atoms with Crippen LogP contribution in [-0.4, -0.2) is 24.5 Å². The van der Waals surface area contributed by atoms with Gasteiger partial charge in [-0.25, -0.2) is 0 Å². The van der Waals surface area contributed by atoms with Crippen LogP contribution in [0.5, 0.6) is 5.75 Å². The summed E-state index contributed by atoms with van der Waals surface area (Å²) >= 11 is 0. The van der Waals surface area contributed by atoms with E-state index in [1.54, 1.807) is 7.11 Å². The van der Waals surface area contributed by atoms with Crippen LogP contribution < -0.4 is 10.5 Å². The molecular formula is C27H30N2O2. The van der Waals surface area contributed by atoms with E-state index in [4.69, 9.17) is 10.5 Å². The third-order valence-corrected chi connectivity index (χ3v) is 6.26. The molecule has 0 heterocycles. The highest BCUT2D eigenvalue weighted by Gasteiger charge is 2.36. The summed E-state index contributed by atoms with van der Waals surface area (Å²) in [6, 6.07) is 27.0. The molecule has 1 amide bonds. The van der Waals surface area contributed by atoms with Crippen LogP contribution in [0.2, 0.25) is 0 Å². The maximum absolute atomic E-state index is 13.1. The summed E-state index contributed by atoms with van der Waals surface area (Å²) in [5.41, 5.74) is 10.8. The fraction of sp³-hybridized carbons (Fsp3) is 0.296. The van der Waals surface area contributed by atoms with Gasteiger partial charge < -0.3 is 15.4 Å². The minimum absolute atomic E-state index is 0.00703. The monoisotopic (exact) mass is 414 g/mol. The molecule has 4 heteroatoms. The minimum Gasteiger partial charge on any atom is -0.497 e. The van der Waals surface area contributed by atoms with Gasteiger partial charge in [0.25, 0.3) is 0 Å². The van der Waals surface area contributed by atoms with Crippen molar-refractivity contribution in [2.45, 2.75) is 31.8 Å². The summed E-state index contributed by atoms with van der Waals surface area (Å²) in [5, 5.41) is 0. The number of rotatable bonds is 7. The van der Waals surface area contributed by atoms with Gasteiger partial charge in [0.1, 0.15) is 5.75 Å². The van der Waals surface area contributed by atoms with E-state index in [9.17, 15) is 4.79 Å². The van der Waals surface area contributed by atoms with Crippen LogP contribution >= 0.6 is 0 Å². The average molecular weight is 415 g/mol. The summed E-state index contributed by atoms with van der Waals surface area (Å²) in [6.07, 6.45) is 2.94. The number of hydrogen-bond acceptors (Lipinski definition) is 3. The molecule has 0 radical (unpaired) electrons. The summed E-state index contributed by atoms with van der Waals surface area (Å²) in [5.74, 6) is 1.16. The second-order valence-electron chi connectivity index (χ2n) is 8.21. The van der Waals surface area contributed by atoms with Crippen molar-refractivity contribution < 1.29 is 9.53 Å². The van der Waals surface area contributed by atoms with Crippen molar-refractivity contribution in [3.05, 3.63) is 101 Å². The highest BCUT2D eigenvalue weighted by molar-refractivity contribution is 5.78. The van der Waals surface area contributed by atoms with Gasteiger partial charge in [0.15, 0.2) is 0 Å². The van der Waals surface area contributed by atoms with Crippen molar-refractivity contribution in [1.82, 2.24) is 4.90 Å². The zero-order valence-electron chi connectivity index (χ0n) is 18.0. The number of carbonyl (C=O) groups is 1. The maximum atomic E-state index is 13.1. The first-order chi connectivity index (χ1) is 15.2. The number of hydrogen-bond donors (Lipinski definition) is 1. The first-order valence-corrected chi connectivity index (χ1v) is 10.9. The third kappa shape index (κ3) is 4.80. The molecule has 3 aromatic carbocycles. The van der Waals surface area contributed by atoms with Gasteiger partial charge in [-0.2, -0.15) is 0 Å². The number of ether oxygens (including phenoxy) is 1. The fourth-order valence-electron chi connectivity index (χ4n) is 4.78. The predicted molar refractivity (Wildman–Crippen MR) is 124 cm³/mol. The Morgan fingerprint density at radius 3 is 2.52 bits per heavy atom. The molecular weight excluding hydrogens is 384 g/mol. The van der Waals surface area contributed by atoms with Crippen molar-refractivity contribution in [3.8, 4) is 5.75 Å². The maximum Gasteiger partial charge on any atom is 0.237 e. The molecule has 160 valence electrons. The van der Waals surface area contributed by atoms with E-state index in [-0.39, 0.29) is 18.5 Å². The molecule has 31 heavy (non-hydrogen) atoms. The van der Waals surface area contributed by atoms with Gasteiger partial charge in [-0.05, 0) is 59.6 Å². The van der Waals surface area contributed by atoms with Crippen LogP contribution in [-0.2, 0) is 24.2 Å². The number of nitrogens with zero attached hydrogens (tertiary/aromatic N) is 1. The summed E-state index contributed by atoms with van der Waals surface area (Å²) in [4.78, 5) is 15.1. The van der Waals surface area contributed by atoms with Gasteiger partial charge in [-0.3, -0.25) is 4.79 Å². The molecule has 0 saturated carbocycles. The van der Waals surface area contributed by atoms with Crippen LogP contribution in [0, 0.1) is 5.92 Å².